The van der Waals surface area contributed by atoms with Gasteiger partial charge in [0, 0.05) is 0 Å². The number of aryl methyl sites for hydroxylation is 2. The molecule has 0 saturated carbocycles. The number of aromatic nitrogens is 1. The van der Waals surface area contributed by atoms with E-state index in [0.29, 0.717) is 11.7 Å². The summed E-state index contributed by atoms with van der Waals surface area (Å²) in [6, 6.07) is 6.24. The molecule has 0 atom stereocenters. The maximum atomic E-state index is 12.1. The van der Waals surface area contributed by atoms with E-state index in [-0.39, 0.29) is 16.5 Å². The van der Waals surface area contributed by atoms with Gasteiger partial charge in [0.15, 0.2) is 0 Å². The van der Waals surface area contributed by atoms with Crippen molar-refractivity contribution in [1.29, 1.82) is 0 Å². The van der Waals surface area contributed by atoms with Gasteiger partial charge in [0.2, 0.25) is 15.9 Å². The van der Waals surface area contributed by atoms with E-state index in [4.69, 9.17) is 16.0 Å². The predicted octanol–water partition coefficient (Wildman–Crippen LogP) is 2.42. The summed E-state index contributed by atoms with van der Waals surface area (Å²) in [4.78, 5) is 4.14. The van der Waals surface area contributed by atoms with Crippen LogP contribution in [0.3, 0.4) is 0 Å². The summed E-state index contributed by atoms with van der Waals surface area (Å²) < 4.78 is 31.8. The highest BCUT2D eigenvalue weighted by Crippen LogP contribution is 2.20. The Morgan fingerprint density at radius 3 is 2.58 bits per heavy atom. The summed E-state index contributed by atoms with van der Waals surface area (Å²) in [5.74, 6) is 0.998. The second-order valence-electron chi connectivity index (χ2n) is 4.00. The first-order valence-electron chi connectivity index (χ1n) is 5.57. The first-order chi connectivity index (χ1) is 8.90. The minimum absolute atomic E-state index is 0.0117. The fourth-order valence-corrected chi connectivity index (χ4v) is 3.00. The maximum absolute atomic E-state index is 12.1. The van der Waals surface area contributed by atoms with E-state index in [2.05, 4.69) is 9.71 Å². The number of hydrogen-bond acceptors (Lipinski definition) is 4. The summed E-state index contributed by atoms with van der Waals surface area (Å²) >= 11 is 5.86. The number of nitrogens with zero attached hydrogens (tertiary/aromatic N) is 1. The van der Waals surface area contributed by atoms with Crippen LogP contribution in [0.25, 0.3) is 0 Å². The molecule has 1 aromatic carbocycles. The van der Waals surface area contributed by atoms with Crippen LogP contribution in [0.1, 0.15) is 17.3 Å². The fraction of sp³-hybridized carbons (Fsp3) is 0.250. The van der Waals surface area contributed by atoms with Crippen LogP contribution in [-0.4, -0.2) is 13.4 Å². The van der Waals surface area contributed by atoms with Crippen molar-refractivity contribution in [2.75, 3.05) is 0 Å². The molecule has 102 valence electrons. The normalized spacial score (nSPS) is 11.7. The van der Waals surface area contributed by atoms with E-state index in [1.165, 1.54) is 12.1 Å². The van der Waals surface area contributed by atoms with Gasteiger partial charge in [0.05, 0.1) is 17.3 Å². The van der Waals surface area contributed by atoms with E-state index >= 15 is 0 Å². The monoisotopic (exact) mass is 300 g/mol. The number of nitrogens with one attached hydrogen (secondary N) is 1. The number of hydrogen-bond donors (Lipinski definition) is 1. The van der Waals surface area contributed by atoms with Crippen molar-refractivity contribution in [3.8, 4) is 0 Å². The molecule has 0 radical (unpaired) electrons. The Morgan fingerprint density at radius 1 is 1.32 bits per heavy atom. The first kappa shape index (κ1) is 14.0. The van der Waals surface area contributed by atoms with Gasteiger partial charge in [-0.25, -0.2) is 18.1 Å². The van der Waals surface area contributed by atoms with Crippen LogP contribution in [0.2, 0.25) is 5.02 Å². The van der Waals surface area contributed by atoms with Crippen LogP contribution in [-0.2, 0) is 16.6 Å². The molecule has 2 rings (SSSR count). The van der Waals surface area contributed by atoms with Gasteiger partial charge in [-0.1, -0.05) is 23.7 Å². The Hall–Kier alpha value is -1.37. The molecule has 0 aliphatic heterocycles. The minimum atomic E-state index is -3.67. The Kier molecular flexibility index (Phi) is 3.93. The molecule has 7 heteroatoms. The second kappa shape index (κ2) is 5.32. The van der Waals surface area contributed by atoms with Crippen LogP contribution in [0.15, 0.2) is 33.6 Å². The third-order valence-corrected chi connectivity index (χ3v) is 4.51. The van der Waals surface area contributed by atoms with Gasteiger partial charge in [-0.2, -0.15) is 0 Å². The number of halogens is 1. The average Bonchev–Trinajstić information content (AvgIpc) is 2.67. The molecule has 0 saturated heterocycles. The molecule has 0 unspecified atom stereocenters. The molecule has 5 nitrogen and oxygen atoms in total. The van der Waals surface area contributed by atoms with Crippen LogP contribution in [0, 0.1) is 13.8 Å². The lowest BCUT2D eigenvalue weighted by atomic mass is 10.4. The Labute approximate surface area is 116 Å². The van der Waals surface area contributed by atoms with Crippen LogP contribution >= 0.6 is 11.6 Å². The van der Waals surface area contributed by atoms with Crippen molar-refractivity contribution in [2.24, 2.45) is 0 Å². The van der Waals surface area contributed by atoms with Gasteiger partial charge >= 0.3 is 0 Å². The lowest BCUT2D eigenvalue weighted by Gasteiger charge is -2.06. The van der Waals surface area contributed by atoms with Crippen molar-refractivity contribution >= 4 is 21.6 Å². The van der Waals surface area contributed by atoms with Gasteiger partial charge < -0.3 is 4.42 Å². The highest BCUT2D eigenvalue weighted by Gasteiger charge is 2.18. The quantitative estimate of drug-likeness (QED) is 0.941. The average molecular weight is 301 g/mol. The molecular weight excluding hydrogens is 288 g/mol. The summed E-state index contributed by atoms with van der Waals surface area (Å²) in [6.07, 6.45) is 0. The Morgan fingerprint density at radius 2 is 2.00 bits per heavy atom. The van der Waals surface area contributed by atoms with Crippen LogP contribution in [0.5, 0.6) is 0 Å². The number of rotatable bonds is 4. The molecule has 1 heterocycles. The lowest BCUT2D eigenvalue weighted by Crippen LogP contribution is -2.23. The van der Waals surface area contributed by atoms with E-state index < -0.39 is 10.0 Å². The van der Waals surface area contributed by atoms with Crippen molar-refractivity contribution in [1.82, 2.24) is 9.71 Å². The summed E-state index contributed by atoms with van der Waals surface area (Å²) in [5, 5.41) is 0.176. The molecule has 0 fully saturated rings. The zero-order valence-electron chi connectivity index (χ0n) is 10.5. The molecule has 0 spiro atoms. The smallest absolute Gasteiger partial charge is 0.242 e. The zero-order valence-corrected chi connectivity index (χ0v) is 12.0. The third kappa shape index (κ3) is 3.15. The predicted molar refractivity (Wildman–Crippen MR) is 71.5 cm³/mol. The largest absolute Gasteiger partial charge is 0.444 e. The Balaban J connectivity index is 2.17. The molecule has 2 aromatic rings. The SMILES string of the molecule is Cc1nc(CNS(=O)(=O)c2ccccc2Cl)oc1C. The Bertz CT molecular complexity index is 675. The van der Waals surface area contributed by atoms with Crippen molar-refractivity contribution in [2.45, 2.75) is 25.3 Å². The van der Waals surface area contributed by atoms with E-state index in [1.807, 2.05) is 0 Å². The van der Waals surface area contributed by atoms with E-state index in [9.17, 15) is 8.42 Å². The second-order valence-corrected chi connectivity index (χ2v) is 6.15. The highest BCUT2D eigenvalue weighted by atomic mass is 35.5. The number of oxazole rings is 1. The molecule has 1 aromatic heterocycles. The first-order valence-corrected chi connectivity index (χ1v) is 7.43. The van der Waals surface area contributed by atoms with E-state index in [1.54, 1.807) is 26.0 Å². The zero-order chi connectivity index (χ0) is 14.0. The maximum Gasteiger partial charge on any atom is 0.242 e. The van der Waals surface area contributed by atoms with Crippen molar-refractivity contribution in [3.05, 3.63) is 46.6 Å². The van der Waals surface area contributed by atoms with Gasteiger partial charge in [0.1, 0.15) is 10.7 Å². The summed E-state index contributed by atoms with van der Waals surface area (Å²) in [7, 11) is -3.67. The number of sulfonamides is 1. The van der Waals surface area contributed by atoms with Crippen molar-refractivity contribution in [3.63, 3.8) is 0 Å². The standard InChI is InChI=1S/C12H13ClN2O3S/c1-8-9(2)18-12(15-8)7-14-19(16,17)11-6-4-3-5-10(11)13/h3-6,14H,7H2,1-2H3. The molecular formula is C12H13ClN2O3S. The molecule has 1 N–H and O–H groups in total. The summed E-state index contributed by atoms with van der Waals surface area (Å²) in [5.41, 5.74) is 0.743. The third-order valence-electron chi connectivity index (χ3n) is 2.61. The highest BCUT2D eigenvalue weighted by molar-refractivity contribution is 7.89. The minimum Gasteiger partial charge on any atom is -0.444 e. The molecule has 0 aliphatic rings. The fourth-order valence-electron chi connectivity index (χ4n) is 1.51. The van der Waals surface area contributed by atoms with Gasteiger partial charge in [0.25, 0.3) is 0 Å². The molecule has 0 amide bonds. The van der Waals surface area contributed by atoms with Crippen LogP contribution < -0.4 is 4.72 Å². The van der Waals surface area contributed by atoms with E-state index in [0.717, 1.165) is 5.69 Å². The van der Waals surface area contributed by atoms with Gasteiger partial charge in [-0.05, 0) is 26.0 Å². The van der Waals surface area contributed by atoms with Crippen LogP contribution in [0.4, 0.5) is 0 Å². The topological polar surface area (TPSA) is 72.2 Å². The van der Waals surface area contributed by atoms with Gasteiger partial charge in [-0.3, -0.25) is 0 Å². The number of benzene rings is 1. The summed E-state index contributed by atoms with van der Waals surface area (Å²) in [6.45, 7) is 3.56. The molecule has 0 bridgehead atoms. The lowest BCUT2D eigenvalue weighted by molar-refractivity contribution is 0.463. The van der Waals surface area contributed by atoms with Crippen molar-refractivity contribution < 1.29 is 12.8 Å². The van der Waals surface area contributed by atoms with Gasteiger partial charge in [-0.15, -0.1) is 0 Å². The molecule has 0 aliphatic carbocycles. The molecule has 19 heavy (non-hydrogen) atoms.